The lowest BCUT2D eigenvalue weighted by molar-refractivity contribution is -0.128. The maximum absolute atomic E-state index is 12.3. The molecule has 3 aromatic rings. The normalized spacial score (nSPS) is 11.7. The number of amides is 1. The van der Waals surface area contributed by atoms with Crippen LogP contribution in [0, 0.1) is 0 Å². The molecule has 6 nitrogen and oxygen atoms in total. The van der Waals surface area contributed by atoms with E-state index in [0.29, 0.717) is 13.0 Å². The van der Waals surface area contributed by atoms with Crippen LogP contribution < -0.4 is 10.1 Å². The van der Waals surface area contributed by atoms with Gasteiger partial charge in [-0.15, -0.1) is 5.10 Å². The third kappa shape index (κ3) is 4.69. The summed E-state index contributed by atoms with van der Waals surface area (Å²) in [5.41, 5.74) is 2.07. The first-order chi connectivity index (χ1) is 12.8. The Kier molecular flexibility index (Phi) is 5.98. The number of rotatable bonds is 8. The van der Waals surface area contributed by atoms with Gasteiger partial charge in [-0.2, -0.15) is 4.98 Å². The fraction of sp³-hybridized carbons (Fsp3) is 0.250. The number of benzene rings is 2. The van der Waals surface area contributed by atoms with Gasteiger partial charge in [-0.25, -0.2) is 4.68 Å². The van der Waals surface area contributed by atoms with Crippen molar-refractivity contribution in [3.63, 3.8) is 0 Å². The number of hydrogen-bond acceptors (Lipinski definition) is 4. The van der Waals surface area contributed by atoms with Gasteiger partial charge in [0.05, 0.1) is 5.69 Å². The monoisotopic (exact) mass is 350 g/mol. The SMILES string of the molecule is CCC(Oc1ncn(-c2ccccc2)n1)C(=O)NCCc1ccccc1. The second-order valence-electron chi connectivity index (χ2n) is 5.85. The van der Waals surface area contributed by atoms with E-state index in [2.05, 4.69) is 15.4 Å². The highest BCUT2D eigenvalue weighted by Crippen LogP contribution is 2.11. The van der Waals surface area contributed by atoms with Crippen LogP contribution in [-0.2, 0) is 11.2 Å². The van der Waals surface area contributed by atoms with Crippen molar-refractivity contribution in [1.82, 2.24) is 20.1 Å². The van der Waals surface area contributed by atoms with Crippen LogP contribution in [0.15, 0.2) is 67.0 Å². The van der Waals surface area contributed by atoms with E-state index in [1.54, 1.807) is 11.0 Å². The number of nitrogens with one attached hydrogen (secondary N) is 1. The Morgan fingerprint density at radius 1 is 1.12 bits per heavy atom. The molecule has 134 valence electrons. The molecule has 1 amide bonds. The summed E-state index contributed by atoms with van der Waals surface area (Å²) in [6.07, 6.45) is 2.28. The molecule has 0 bridgehead atoms. The maximum Gasteiger partial charge on any atom is 0.336 e. The zero-order valence-electron chi connectivity index (χ0n) is 14.7. The summed E-state index contributed by atoms with van der Waals surface area (Å²) < 4.78 is 7.30. The van der Waals surface area contributed by atoms with E-state index in [-0.39, 0.29) is 11.9 Å². The van der Waals surface area contributed by atoms with Crippen LogP contribution in [0.5, 0.6) is 6.01 Å². The van der Waals surface area contributed by atoms with Crippen molar-refractivity contribution in [1.29, 1.82) is 0 Å². The summed E-state index contributed by atoms with van der Waals surface area (Å²) in [4.78, 5) is 16.5. The molecule has 0 aliphatic carbocycles. The van der Waals surface area contributed by atoms with Crippen molar-refractivity contribution in [3.8, 4) is 11.7 Å². The number of carbonyl (C=O) groups is 1. The first-order valence-corrected chi connectivity index (χ1v) is 8.71. The summed E-state index contributed by atoms with van der Waals surface area (Å²) in [6, 6.07) is 19.9. The van der Waals surface area contributed by atoms with Gasteiger partial charge in [0.15, 0.2) is 6.10 Å². The Balaban J connectivity index is 1.54. The van der Waals surface area contributed by atoms with E-state index >= 15 is 0 Å². The van der Waals surface area contributed by atoms with Gasteiger partial charge < -0.3 is 10.1 Å². The van der Waals surface area contributed by atoms with Gasteiger partial charge in [0.1, 0.15) is 6.33 Å². The van der Waals surface area contributed by atoms with Gasteiger partial charge in [0.25, 0.3) is 5.91 Å². The van der Waals surface area contributed by atoms with Crippen LogP contribution >= 0.6 is 0 Å². The van der Waals surface area contributed by atoms with Crippen molar-refractivity contribution in [2.24, 2.45) is 0 Å². The van der Waals surface area contributed by atoms with Crippen LogP contribution in [0.3, 0.4) is 0 Å². The largest absolute Gasteiger partial charge is 0.449 e. The molecule has 0 fully saturated rings. The summed E-state index contributed by atoms with van der Waals surface area (Å²) >= 11 is 0. The number of para-hydroxylation sites is 1. The van der Waals surface area contributed by atoms with Gasteiger partial charge in [-0.3, -0.25) is 4.79 Å². The molecule has 1 unspecified atom stereocenters. The molecule has 0 aliphatic rings. The van der Waals surface area contributed by atoms with Crippen LogP contribution in [0.4, 0.5) is 0 Å². The molecule has 0 saturated carbocycles. The molecule has 1 N–H and O–H groups in total. The summed E-state index contributed by atoms with van der Waals surface area (Å²) in [6.45, 7) is 2.46. The second kappa shape index (κ2) is 8.80. The van der Waals surface area contributed by atoms with Gasteiger partial charge in [0.2, 0.25) is 0 Å². The van der Waals surface area contributed by atoms with Crippen LogP contribution in [0.2, 0.25) is 0 Å². The number of aromatic nitrogens is 3. The van der Waals surface area contributed by atoms with Gasteiger partial charge >= 0.3 is 6.01 Å². The van der Waals surface area contributed by atoms with Gasteiger partial charge in [0, 0.05) is 6.54 Å². The number of carbonyl (C=O) groups excluding carboxylic acids is 1. The minimum Gasteiger partial charge on any atom is -0.449 e. The average Bonchev–Trinajstić information content (AvgIpc) is 3.16. The van der Waals surface area contributed by atoms with E-state index in [0.717, 1.165) is 12.1 Å². The zero-order valence-corrected chi connectivity index (χ0v) is 14.7. The minimum absolute atomic E-state index is 0.153. The molecule has 6 heteroatoms. The smallest absolute Gasteiger partial charge is 0.336 e. The van der Waals surface area contributed by atoms with Crippen molar-refractivity contribution in [3.05, 3.63) is 72.6 Å². The molecular formula is C20H22N4O2. The topological polar surface area (TPSA) is 69.0 Å². The molecule has 1 atom stereocenters. The predicted octanol–water partition coefficient (Wildman–Crippen LogP) is 2.78. The Morgan fingerprint density at radius 2 is 1.81 bits per heavy atom. The molecule has 0 radical (unpaired) electrons. The lowest BCUT2D eigenvalue weighted by Gasteiger charge is -2.14. The Labute approximate surface area is 152 Å². The minimum atomic E-state index is -0.614. The highest BCUT2D eigenvalue weighted by molar-refractivity contribution is 5.80. The molecule has 2 aromatic carbocycles. The molecule has 0 spiro atoms. The number of ether oxygens (including phenoxy) is 1. The third-order valence-corrected chi connectivity index (χ3v) is 3.96. The van der Waals surface area contributed by atoms with Crippen LogP contribution in [0.25, 0.3) is 5.69 Å². The molecular weight excluding hydrogens is 328 g/mol. The van der Waals surface area contributed by atoms with E-state index in [4.69, 9.17) is 4.74 Å². The quantitative estimate of drug-likeness (QED) is 0.678. The Morgan fingerprint density at radius 3 is 2.50 bits per heavy atom. The lowest BCUT2D eigenvalue weighted by Crippen LogP contribution is -2.39. The number of nitrogens with zero attached hydrogens (tertiary/aromatic N) is 3. The van der Waals surface area contributed by atoms with Crippen molar-refractivity contribution in [2.45, 2.75) is 25.9 Å². The van der Waals surface area contributed by atoms with Crippen molar-refractivity contribution < 1.29 is 9.53 Å². The van der Waals surface area contributed by atoms with E-state index in [1.165, 1.54) is 5.56 Å². The standard InChI is InChI=1S/C20H22N4O2/c1-2-18(19(25)21-14-13-16-9-5-3-6-10-16)26-20-22-15-24(23-20)17-11-7-4-8-12-17/h3-12,15,18H,2,13-14H2,1H3,(H,21,25). The van der Waals surface area contributed by atoms with Crippen LogP contribution in [-0.4, -0.2) is 33.3 Å². The summed E-state index contributed by atoms with van der Waals surface area (Å²) in [5.74, 6) is -0.153. The molecule has 1 heterocycles. The fourth-order valence-corrected chi connectivity index (χ4v) is 2.55. The van der Waals surface area contributed by atoms with Crippen molar-refractivity contribution >= 4 is 5.91 Å². The molecule has 0 saturated heterocycles. The lowest BCUT2D eigenvalue weighted by atomic mass is 10.1. The Hall–Kier alpha value is -3.15. The molecule has 1 aromatic heterocycles. The summed E-state index contributed by atoms with van der Waals surface area (Å²) in [5, 5.41) is 7.20. The van der Waals surface area contributed by atoms with Crippen molar-refractivity contribution in [2.75, 3.05) is 6.54 Å². The van der Waals surface area contributed by atoms with E-state index in [1.807, 2.05) is 67.6 Å². The predicted molar refractivity (Wildman–Crippen MR) is 99.2 cm³/mol. The average molecular weight is 350 g/mol. The molecule has 0 aliphatic heterocycles. The molecule has 3 rings (SSSR count). The Bertz CT molecular complexity index is 818. The van der Waals surface area contributed by atoms with Crippen LogP contribution in [0.1, 0.15) is 18.9 Å². The highest BCUT2D eigenvalue weighted by Gasteiger charge is 2.20. The fourth-order valence-electron chi connectivity index (χ4n) is 2.55. The van der Waals surface area contributed by atoms with E-state index < -0.39 is 6.10 Å². The van der Waals surface area contributed by atoms with E-state index in [9.17, 15) is 4.79 Å². The van der Waals surface area contributed by atoms with Gasteiger partial charge in [-0.1, -0.05) is 55.5 Å². The maximum atomic E-state index is 12.3. The third-order valence-electron chi connectivity index (χ3n) is 3.96. The second-order valence-corrected chi connectivity index (χ2v) is 5.85. The first kappa shape index (κ1) is 17.7. The van der Waals surface area contributed by atoms with Gasteiger partial charge in [-0.05, 0) is 30.5 Å². The molecule has 26 heavy (non-hydrogen) atoms. The zero-order chi connectivity index (χ0) is 18.2. The first-order valence-electron chi connectivity index (χ1n) is 8.71. The summed E-state index contributed by atoms with van der Waals surface area (Å²) in [7, 11) is 0. The number of hydrogen-bond donors (Lipinski definition) is 1. The highest BCUT2D eigenvalue weighted by atomic mass is 16.5.